The van der Waals surface area contributed by atoms with Gasteiger partial charge < -0.3 is 10.2 Å². The fourth-order valence-electron chi connectivity index (χ4n) is 2.43. The number of benzene rings is 1. The molecule has 2 rings (SSSR count). The van der Waals surface area contributed by atoms with Crippen LogP contribution in [0.3, 0.4) is 0 Å². The zero-order chi connectivity index (χ0) is 12.1. The van der Waals surface area contributed by atoms with E-state index in [-0.39, 0.29) is 5.82 Å². The maximum absolute atomic E-state index is 14.0. The van der Waals surface area contributed by atoms with Crippen LogP contribution in [-0.4, -0.2) is 20.1 Å². The van der Waals surface area contributed by atoms with E-state index in [0.717, 1.165) is 30.9 Å². The highest BCUT2D eigenvalue weighted by molar-refractivity contribution is 5.49. The topological polar surface area (TPSA) is 15.3 Å². The highest BCUT2D eigenvalue weighted by atomic mass is 19.1. The van der Waals surface area contributed by atoms with E-state index < -0.39 is 0 Å². The van der Waals surface area contributed by atoms with E-state index in [4.69, 9.17) is 0 Å². The van der Waals surface area contributed by atoms with Crippen LogP contribution < -0.4 is 10.2 Å². The van der Waals surface area contributed by atoms with Crippen molar-refractivity contribution in [3.8, 4) is 0 Å². The molecule has 1 N–H and O–H groups in total. The lowest BCUT2D eigenvalue weighted by molar-refractivity contribution is 0.613. The van der Waals surface area contributed by atoms with Gasteiger partial charge in [-0.25, -0.2) is 4.39 Å². The molecule has 0 spiro atoms. The summed E-state index contributed by atoms with van der Waals surface area (Å²) in [7, 11) is 1.88. The Labute approximate surface area is 103 Å². The van der Waals surface area contributed by atoms with Crippen LogP contribution in [0.5, 0.6) is 0 Å². The second-order valence-corrected chi connectivity index (χ2v) is 4.72. The van der Waals surface area contributed by atoms with Crippen molar-refractivity contribution in [2.24, 2.45) is 0 Å². The molecule has 0 aliphatic carbocycles. The summed E-state index contributed by atoms with van der Waals surface area (Å²) in [6.07, 6.45) is 4.90. The lowest BCUT2D eigenvalue weighted by atomic mass is 10.1. The highest BCUT2D eigenvalue weighted by Gasteiger charge is 2.13. The van der Waals surface area contributed by atoms with Crippen molar-refractivity contribution >= 4 is 5.69 Å². The average Bonchev–Trinajstić information content (AvgIpc) is 2.58. The van der Waals surface area contributed by atoms with Gasteiger partial charge in [-0.3, -0.25) is 0 Å². The molecule has 1 aromatic carbocycles. The van der Waals surface area contributed by atoms with E-state index >= 15 is 0 Å². The minimum Gasteiger partial charge on any atom is -0.369 e. The SMILES string of the molecule is CNCc1ccc(N2CCCCCC2)c(F)c1. The quantitative estimate of drug-likeness (QED) is 0.868. The number of rotatable bonds is 3. The fraction of sp³-hybridized carbons (Fsp3) is 0.571. The number of halogens is 1. The second kappa shape index (κ2) is 6.01. The Morgan fingerprint density at radius 2 is 1.88 bits per heavy atom. The van der Waals surface area contributed by atoms with E-state index in [1.54, 1.807) is 6.07 Å². The average molecular weight is 236 g/mol. The van der Waals surface area contributed by atoms with Crippen molar-refractivity contribution in [1.29, 1.82) is 0 Å². The second-order valence-electron chi connectivity index (χ2n) is 4.72. The Bertz CT molecular complexity index is 357. The van der Waals surface area contributed by atoms with Crippen molar-refractivity contribution in [3.63, 3.8) is 0 Å². The molecule has 0 unspecified atom stereocenters. The monoisotopic (exact) mass is 236 g/mol. The number of hydrogen-bond acceptors (Lipinski definition) is 2. The van der Waals surface area contributed by atoms with Gasteiger partial charge in [0.1, 0.15) is 5.82 Å². The first-order chi connectivity index (χ1) is 8.31. The maximum atomic E-state index is 14.0. The third kappa shape index (κ3) is 3.19. The minimum atomic E-state index is -0.0837. The smallest absolute Gasteiger partial charge is 0.146 e. The van der Waals surface area contributed by atoms with Crippen LogP contribution in [0.1, 0.15) is 31.2 Å². The van der Waals surface area contributed by atoms with Gasteiger partial charge in [-0.15, -0.1) is 0 Å². The lowest BCUT2D eigenvalue weighted by Crippen LogP contribution is -2.25. The Morgan fingerprint density at radius 3 is 2.47 bits per heavy atom. The molecule has 0 amide bonds. The van der Waals surface area contributed by atoms with Crippen LogP contribution in [0.4, 0.5) is 10.1 Å². The van der Waals surface area contributed by atoms with E-state index in [1.807, 2.05) is 19.2 Å². The largest absolute Gasteiger partial charge is 0.369 e. The molecule has 1 aliphatic heterocycles. The zero-order valence-corrected chi connectivity index (χ0v) is 10.5. The minimum absolute atomic E-state index is 0.0837. The number of hydrogen-bond donors (Lipinski definition) is 1. The summed E-state index contributed by atoms with van der Waals surface area (Å²) in [6.45, 7) is 2.70. The predicted molar refractivity (Wildman–Crippen MR) is 69.8 cm³/mol. The summed E-state index contributed by atoms with van der Waals surface area (Å²) in [4.78, 5) is 2.19. The van der Waals surface area contributed by atoms with Gasteiger partial charge in [0, 0.05) is 19.6 Å². The van der Waals surface area contributed by atoms with Crippen LogP contribution in [0, 0.1) is 5.82 Å². The van der Waals surface area contributed by atoms with Crippen LogP contribution in [0.15, 0.2) is 18.2 Å². The molecule has 17 heavy (non-hydrogen) atoms. The molecule has 1 aromatic rings. The third-order valence-electron chi connectivity index (χ3n) is 3.34. The van der Waals surface area contributed by atoms with Crippen LogP contribution in [0.25, 0.3) is 0 Å². The van der Waals surface area contributed by atoms with Gasteiger partial charge in [-0.1, -0.05) is 18.9 Å². The fourth-order valence-corrected chi connectivity index (χ4v) is 2.43. The lowest BCUT2D eigenvalue weighted by Gasteiger charge is -2.23. The molecule has 0 saturated carbocycles. The van der Waals surface area contributed by atoms with Gasteiger partial charge in [0.05, 0.1) is 5.69 Å². The molecule has 1 saturated heterocycles. The Kier molecular flexibility index (Phi) is 4.37. The van der Waals surface area contributed by atoms with Crippen LogP contribution in [0.2, 0.25) is 0 Å². The van der Waals surface area contributed by atoms with Crippen molar-refractivity contribution < 1.29 is 4.39 Å². The summed E-state index contributed by atoms with van der Waals surface area (Å²) < 4.78 is 14.0. The van der Waals surface area contributed by atoms with Gasteiger partial charge >= 0.3 is 0 Å². The Hall–Kier alpha value is -1.09. The molecular weight excluding hydrogens is 215 g/mol. The molecule has 1 aliphatic rings. The molecule has 0 aromatic heterocycles. The van der Waals surface area contributed by atoms with Gasteiger partial charge in [-0.2, -0.15) is 0 Å². The first-order valence-electron chi connectivity index (χ1n) is 6.49. The zero-order valence-electron chi connectivity index (χ0n) is 10.5. The Morgan fingerprint density at radius 1 is 1.18 bits per heavy atom. The van der Waals surface area contributed by atoms with Gasteiger partial charge in [0.15, 0.2) is 0 Å². The van der Waals surface area contributed by atoms with Gasteiger partial charge in [0.25, 0.3) is 0 Å². The molecule has 1 fully saturated rings. The summed E-state index contributed by atoms with van der Waals surface area (Å²) in [5.74, 6) is -0.0837. The van der Waals surface area contributed by atoms with E-state index in [1.165, 1.54) is 25.7 Å². The molecule has 94 valence electrons. The predicted octanol–water partition coefficient (Wildman–Crippen LogP) is 2.93. The molecule has 0 atom stereocenters. The van der Waals surface area contributed by atoms with E-state index in [2.05, 4.69) is 10.2 Å². The molecule has 0 bridgehead atoms. The molecule has 3 heteroatoms. The summed E-state index contributed by atoms with van der Waals surface area (Å²) in [6, 6.07) is 5.59. The Balaban J connectivity index is 2.14. The number of anilines is 1. The van der Waals surface area contributed by atoms with E-state index in [9.17, 15) is 4.39 Å². The van der Waals surface area contributed by atoms with Crippen LogP contribution in [-0.2, 0) is 6.54 Å². The normalized spacial score (nSPS) is 16.9. The van der Waals surface area contributed by atoms with Gasteiger partial charge in [0.2, 0.25) is 0 Å². The van der Waals surface area contributed by atoms with Crippen LogP contribution >= 0.6 is 0 Å². The van der Waals surface area contributed by atoms with Crippen molar-refractivity contribution in [1.82, 2.24) is 5.32 Å². The first-order valence-corrected chi connectivity index (χ1v) is 6.49. The third-order valence-corrected chi connectivity index (χ3v) is 3.34. The summed E-state index contributed by atoms with van der Waals surface area (Å²) in [5.41, 5.74) is 1.77. The highest BCUT2D eigenvalue weighted by Crippen LogP contribution is 2.23. The van der Waals surface area contributed by atoms with Crippen molar-refractivity contribution in [3.05, 3.63) is 29.6 Å². The molecular formula is C14H21FN2. The first kappa shape index (κ1) is 12.4. The standard InChI is InChI=1S/C14H21FN2/c1-16-11-12-6-7-14(13(15)10-12)17-8-4-2-3-5-9-17/h6-7,10,16H,2-5,8-9,11H2,1H3. The van der Waals surface area contributed by atoms with Crippen molar-refractivity contribution in [2.75, 3.05) is 25.0 Å². The summed E-state index contributed by atoms with van der Waals surface area (Å²) in [5, 5.41) is 3.04. The molecule has 0 radical (unpaired) electrons. The number of nitrogens with one attached hydrogen (secondary N) is 1. The molecule has 2 nitrogen and oxygen atoms in total. The molecule has 1 heterocycles. The van der Waals surface area contributed by atoms with Crippen molar-refractivity contribution in [2.45, 2.75) is 32.2 Å². The maximum Gasteiger partial charge on any atom is 0.146 e. The summed E-state index contributed by atoms with van der Waals surface area (Å²) >= 11 is 0. The van der Waals surface area contributed by atoms with E-state index in [0.29, 0.717) is 0 Å². The number of nitrogens with zero attached hydrogens (tertiary/aromatic N) is 1. The van der Waals surface area contributed by atoms with Gasteiger partial charge in [-0.05, 0) is 37.6 Å².